The van der Waals surface area contributed by atoms with E-state index in [2.05, 4.69) is 29.9 Å². The third-order valence-electron chi connectivity index (χ3n) is 3.53. The van der Waals surface area contributed by atoms with Crippen molar-refractivity contribution in [2.75, 3.05) is 30.8 Å². The molecule has 0 bridgehead atoms. The number of nitrogens with zero attached hydrogens (tertiary/aromatic N) is 3. The molecule has 1 unspecified atom stereocenters. The Morgan fingerprint density at radius 1 is 1.47 bits per heavy atom. The molecule has 2 aromatic heterocycles. The summed E-state index contributed by atoms with van der Waals surface area (Å²) in [7, 11) is 2.14. The second-order valence-corrected chi connectivity index (χ2v) is 7.09. The Balaban J connectivity index is 2.04. The molecule has 0 radical (unpaired) electrons. The summed E-state index contributed by atoms with van der Waals surface area (Å²) >= 11 is 3.70. The van der Waals surface area contributed by atoms with E-state index in [1.165, 1.54) is 10.6 Å². The molecule has 19 heavy (non-hydrogen) atoms. The normalized spacial score (nSPS) is 21.1. The van der Waals surface area contributed by atoms with Gasteiger partial charge in [0, 0.05) is 22.9 Å². The van der Waals surface area contributed by atoms with Crippen molar-refractivity contribution in [3.8, 4) is 0 Å². The highest BCUT2D eigenvalue weighted by Crippen LogP contribution is 2.32. The molecule has 1 aliphatic rings. The van der Waals surface area contributed by atoms with Crippen molar-refractivity contribution in [2.24, 2.45) is 0 Å². The van der Waals surface area contributed by atoms with Crippen molar-refractivity contribution < 1.29 is 0 Å². The SMILES string of the molecule is CCc1cc2c(N)nc(C3CSCCN3C)nc2s1. The summed E-state index contributed by atoms with van der Waals surface area (Å²) in [6, 6.07) is 2.41. The van der Waals surface area contributed by atoms with Gasteiger partial charge in [0.1, 0.15) is 16.5 Å². The quantitative estimate of drug-likeness (QED) is 0.922. The summed E-state index contributed by atoms with van der Waals surface area (Å²) in [5, 5.41) is 1.01. The van der Waals surface area contributed by atoms with Crippen LogP contribution in [0.1, 0.15) is 23.7 Å². The van der Waals surface area contributed by atoms with Crippen LogP contribution in [0.2, 0.25) is 0 Å². The van der Waals surface area contributed by atoms with E-state index in [9.17, 15) is 0 Å². The number of thioether (sulfide) groups is 1. The third-order valence-corrected chi connectivity index (χ3v) is 5.73. The van der Waals surface area contributed by atoms with Gasteiger partial charge in [-0.05, 0) is 19.5 Å². The fourth-order valence-corrected chi connectivity index (χ4v) is 4.48. The number of nitrogen functional groups attached to an aromatic ring is 1. The lowest BCUT2D eigenvalue weighted by molar-refractivity contribution is 0.265. The predicted molar refractivity (Wildman–Crippen MR) is 83.9 cm³/mol. The summed E-state index contributed by atoms with van der Waals surface area (Å²) in [5.74, 6) is 3.74. The van der Waals surface area contributed by atoms with Crippen LogP contribution >= 0.6 is 23.1 Å². The van der Waals surface area contributed by atoms with Crippen LogP contribution in [-0.4, -0.2) is 40.0 Å². The first-order chi connectivity index (χ1) is 9.19. The van der Waals surface area contributed by atoms with E-state index in [1.807, 2.05) is 11.8 Å². The van der Waals surface area contributed by atoms with Crippen LogP contribution in [0, 0.1) is 0 Å². The number of thiophene rings is 1. The number of anilines is 1. The monoisotopic (exact) mass is 294 g/mol. The fourth-order valence-electron chi connectivity index (χ4n) is 2.29. The number of aryl methyl sites for hydroxylation is 1. The summed E-state index contributed by atoms with van der Waals surface area (Å²) in [5.41, 5.74) is 6.11. The number of hydrogen-bond donors (Lipinski definition) is 1. The molecular weight excluding hydrogens is 276 g/mol. The Labute approximate surface area is 121 Å². The van der Waals surface area contributed by atoms with Gasteiger partial charge in [0.2, 0.25) is 0 Å². The molecule has 2 N–H and O–H groups in total. The fraction of sp³-hybridized carbons (Fsp3) is 0.538. The molecule has 4 nitrogen and oxygen atoms in total. The van der Waals surface area contributed by atoms with Crippen molar-refractivity contribution in [3.05, 3.63) is 16.8 Å². The van der Waals surface area contributed by atoms with E-state index in [0.29, 0.717) is 5.82 Å². The average Bonchev–Trinajstić information content (AvgIpc) is 2.83. The standard InChI is InChI=1S/C13H18N4S2/c1-3-8-6-9-11(14)15-12(16-13(9)19-8)10-7-18-5-4-17(10)2/h6,10H,3-5,7H2,1-2H3,(H2,14,15,16). The highest BCUT2D eigenvalue weighted by Gasteiger charge is 2.24. The zero-order valence-electron chi connectivity index (χ0n) is 11.2. The average molecular weight is 294 g/mol. The first-order valence-corrected chi connectivity index (χ1v) is 8.50. The smallest absolute Gasteiger partial charge is 0.150 e. The molecule has 0 aliphatic carbocycles. The number of nitrogens with two attached hydrogens (primary N) is 1. The molecule has 1 atom stereocenters. The minimum Gasteiger partial charge on any atom is -0.383 e. The van der Waals surface area contributed by atoms with E-state index in [1.54, 1.807) is 11.3 Å². The van der Waals surface area contributed by atoms with Gasteiger partial charge in [-0.2, -0.15) is 11.8 Å². The van der Waals surface area contributed by atoms with E-state index in [4.69, 9.17) is 10.7 Å². The Kier molecular flexibility index (Phi) is 3.64. The van der Waals surface area contributed by atoms with E-state index in [-0.39, 0.29) is 6.04 Å². The van der Waals surface area contributed by atoms with Crippen molar-refractivity contribution in [3.63, 3.8) is 0 Å². The lowest BCUT2D eigenvalue weighted by Gasteiger charge is -2.30. The molecule has 0 aromatic carbocycles. The first kappa shape index (κ1) is 13.1. The van der Waals surface area contributed by atoms with Crippen LogP contribution < -0.4 is 5.73 Å². The van der Waals surface area contributed by atoms with Crippen LogP contribution in [0.4, 0.5) is 5.82 Å². The van der Waals surface area contributed by atoms with Crippen LogP contribution in [0.3, 0.4) is 0 Å². The summed E-state index contributed by atoms with van der Waals surface area (Å²) in [6.07, 6.45) is 1.02. The van der Waals surface area contributed by atoms with Gasteiger partial charge in [0.15, 0.2) is 0 Å². The first-order valence-electron chi connectivity index (χ1n) is 6.53. The Hall–Kier alpha value is -0.850. The molecule has 3 rings (SSSR count). The van der Waals surface area contributed by atoms with E-state index < -0.39 is 0 Å². The number of fused-ring (bicyclic) bond motifs is 1. The number of rotatable bonds is 2. The molecule has 2 aromatic rings. The zero-order valence-corrected chi connectivity index (χ0v) is 12.9. The Morgan fingerprint density at radius 2 is 2.32 bits per heavy atom. The van der Waals surface area contributed by atoms with Gasteiger partial charge >= 0.3 is 0 Å². The Morgan fingerprint density at radius 3 is 3.05 bits per heavy atom. The van der Waals surface area contributed by atoms with Gasteiger partial charge in [0.05, 0.1) is 11.4 Å². The molecule has 6 heteroatoms. The van der Waals surface area contributed by atoms with Crippen LogP contribution in [0.25, 0.3) is 10.2 Å². The maximum atomic E-state index is 6.11. The molecule has 0 saturated carbocycles. The van der Waals surface area contributed by atoms with Crippen LogP contribution in [0.15, 0.2) is 6.07 Å². The maximum Gasteiger partial charge on any atom is 0.150 e. The van der Waals surface area contributed by atoms with E-state index in [0.717, 1.165) is 34.8 Å². The topological polar surface area (TPSA) is 55.0 Å². The predicted octanol–water partition coefficient (Wildman–Crippen LogP) is 2.56. The lowest BCUT2D eigenvalue weighted by Crippen LogP contribution is -2.33. The van der Waals surface area contributed by atoms with Crippen molar-refractivity contribution in [2.45, 2.75) is 19.4 Å². The largest absolute Gasteiger partial charge is 0.383 e. The van der Waals surface area contributed by atoms with Crippen molar-refractivity contribution in [1.82, 2.24) is 14.9 Å². The molecular formula is C13H18N4S2. The van der Waals surface area contributed by atoms with Gasteiger partial charge in [-0.1, -0.05) is 6.92 Å². The maximum absolute atomic E-state index is 6.11. The van der Waals surface area contributed by atoms with E-state index >= 15 is 0 Å². The number of aromatic nitrogens is 2. The minimum atomic E-state index is 0.289. The molecule has 102 valence electrons. The molecule has 0 spiro atoms. The van der Waals surface area contributed by atoms with Gasteiger partial charge < -0.3 is 5.73 Å². The minimum absolute atomic E-state index is 0.289. The van der Waals surface area contributed by atoms with Crippen molar-refractivity contribution >= 4 is 39.1 Å². The highest BCUT2D eigenvalue weighted by atomic mass is 32.2. The molecule has 1 fully saturated rings. The molecule has 0 amide bonds. The van der Waals surface area contributed by atoms with Gasteiger partial charge in [0.25, 0.3) is 0 Å². The molecule has 1 aliphatic heterocycles. The second kappa shape index (κ2) is 5.26. The van der Waals surface area contributed by atoms with Crippen molar-refractivity contribution in [1.29, 1.82) is 0 Å². The summed E-state index contributed by atoms with van der Waals surface area (Å²) < 4.78 is 0. The molecule has 1 saturated heterocycles. The van der Waals surface area contributed by atoms with Crippen LogP contribution in [-0.2, 0) is 6.42 Å². The second-order valence-electron chi connectivity index (χ2n) is 4.82. The molecule has 3 heterocycles. The van der Waals surface area contributed by atoms with Gasteiger partial charge in [-0.3, -0.25) is 4.90 Å². The van der Waals surface area contributed by atoms with Gasteiger partial charge in [-0.15, -0.1) is 11.3 Å². The van der Waals surface area contributed by atoms with Gasteiger partial charge in [-0.25, -0.2) is 9.97 Å². The lowest BCUT2D eigenvalue weighted by atomic mass is 10.2. The highest BCUT2D eigenvalue weighted by molar-refractivity contribution is 7.99. The van der Waals surface area contributed by atoms with Crippen LogP contribution in [0.5, 0.6) is 0 Å². The third kappa shape index (κ3) is 2.44. The Bertz CT molecular complexity index is 596. The summed E-state index contributed by atoms with van der Waals surface area (Å²) in [6.45, 7) is 3.24. The zero-order chi connectivity index (χ0) is 13.4. The number of hydrogen-bond acceptors (Lipinski definition) is 6. The summed E-state index contributed by atoms with van der Waals surface area (Å²) in [4.78, 5) is 14.0.